The molecule has 0 aromatic heterocycles. The van der Waals surface area contributed by atoms with Crippen molar-refractivity contribution in [2.24, 2.45) is 40.4 Å². The molecule has 1 spiro atoms. The summed E-state index contributed by atoms with van der Waals surface area (Å²) < 4.78 is 24.3. The first-order valence-electron chi connectivity index (χ1n) is 13.0. The molecule has 5 aliphatic carbocycles. The van der Waals surface area contributed by atoms with E-state index in [4.69, 9.17) is 18.9 Å². The number of hydrogen-bond acceptors (Lipinski definition) is 7. The van der Waals surface area contributed by atoms with Crippen LogP contribution in [0.3, 0.4) is 0 Å². The van der Waals surface area contributed by atoms with Gasteiger partial charge in [0.2, 0.25) is 0 Å². The molecule has 1 heterocycles. The minimum absolute atomic E-state index is 0.0445. The largest absolute Gasteiger partial charge is 0.462 e. The van der Waals surface area contributed by atoms with Crippen molar-refractivity contribution in [3.05, 3.63) is 0 Å². The number of fused-ring (bicyclic) bond motifs is 2. The molecule has 6 fully saturated rings. The third kappa shape index (κ3) is 2.51. The number of carbonyl (C=O) groups excluding carboxylic acids is 1. The number of rotatable bonds is 6. The van der Waals surface area contributed by atoms with Gasteiger partial charge in [0, 0.05) is 75.8 Å². The molecule has 7 bridgehead atoms. The Kier molecular flexibility index (Phi) is 5.09. The minimum atomic E-state index is -0.888. The Morgan fingerprint density at radius 1 is 1.15 bits per heavy atom. The van der Waals surface area contributed by atoms with Crippen molar-refractivity contribution in [1.29, 1.82) is 0 Å². The van der Waals surface area contributed by atoms with Gasteiger partial charge in [-0.3, -0.25) is 9.69 Å². The quantitative estimate of drug-likeness (QED) is 0.605. The molecule has 1 aliphatic heterocycles. The number of nitrogens with zero attached hydrogens (tertiary/aromatic N) is 1. The first-order valence-corrected chi connectivity index (χ1v) is 13.0. The van der Waals surface area contributed by atoms with Crippen molar-refractivity contribution in [3.63, 3.8) is 0 Å². The Morgan fingerprint density at radius 2 is 1.94 bits per heavy atom. The van der Waals surface area contributed by atoms with Gasteiger partial charge < -0.3 is 24.1 Å². The molecule has 12 atom stereocenters. The molecule has 0 aromatic rings. The highest BCUT2D eigenvalue weighted by molar-refractivity contribution is 5.66. The lowest BCUT2D eigenvalue weighted by Crippen LogP contribution is -2.76. The van der Waals surface area contributed by atoms with Crippen molar-refractivity contribution in [3.8, 4) is 0 Å². The number of methoxy groups -OCH3 is 3. The minimum Gasteiger partial charge on any atom is -0.462 e. The van der Waals surface area contributed by atoms with E-state index in [9.17, 15) is 9.90 Å². The molecule has 1 N–H and O–H groups in total. The van der Waals surface area contributed by atoms with Crippen molar-refractivity contribution >= 4 is 5.97 Å². The Balaban J connectivity index is 1.57. The fraction of sp³-hybridized carbons (Fsp3) is 0.962. The van der Waals surface area contributed by atoms with Crippen LogP contribution in [0.15, 0.2) is 0 Å². The third-order valence-electron chi connectivity index (χ3n) is 11.4. The summed E-state index contributed by atoms with van der Waals surface area (Å²) in [5.41, 5.74) is -0.840. The zero-order chi connectivity index (χ0) is 23.3. The van der Waals surface area contributed by atoms with Gasteiger partial charge in [-0.1, -0.05) is 6.92 Å². The lowest BCUT2D eigenvalue weighted by Gasteiger charge is -2.69. The maximum absolute atomic E-state index is 12.6. The van der Waals surface area contributed by atoms with E-state index in [1.54, 1.807) is 7.11 Å². The number of ether oxygens (including phenoxy) is 4. The predicted molar refractivity (Wildman–Crippen MR) is 120 cm³/mol. The predicted octanol–water partition coefficient (Wildman–Crippen LogP) is 2.10. The zero-order valence-electron chi connectivity index (χ0n) is 20.8. The first kappa shape index (κ1) is 22.7. The molecule has 1 saturated heterocycles. The molecule has 6 rings (SSSR count). The van der Waals surface area contributed by atoms with Gasteiger partial charge in [0.25, 0.3) is 0 Å². The lowest BCUT2D eigenvalue weighted by atomic mass is 9.43. The van der Waals surface area contributed by atoms with Crippen LogP contribution >= 0.6 is 0 Å². The molecule has 33 heavy (non-hydrogen) atoms. The maximum Gasteiger partial charge on any atom is 0.302 e. The number of likely N-dealkylation sites (tertiary alicyclic amines) is 1. The second-order valence-corrected chi connectivity index (χ2v) is 12.0. The van der Waals surface area contributed by atoms with E-state index in [0.717, 1.165) is 45.4 Å². The summed E-state index contributed by atoms with van der Waals surface area (Å²) in [6.45, 7) is 6.53. The van der Waals surface area contributed by atoms with Gasteiger partial charge >= 0.3 is 5.97 Å². The van der Waals surface area contributed by atoms with E-state index >= 15 is 0 Å². The number of hydrogen-bond donors (Lipinski definition) is 1. The molecular formula is C26H41NO6. The van der Waals surface area contributed by atoms with Gasteiger partial charge in [0.05, 0.1) is 24.4 Å². The van der Waals surface area contributed by atoms with Gasteiger partial charge in [-0.25, -0.2) is 0 Å². The van der Waals surface area contributed by atoms with E-state index in [2.05, 4.69) is 11.8 Å². The monoisotopic (exact) mass is 463 g/mol. The number of carbonyl (C=O) groups is 1. The van der Waals surface area contributed by atoms with Gasteiger partial charge in [0.15, 0.2) is 0 Å². The molecule has 0 radical (unpaired) electrons. The number of piperidine rings is 1. The standard InChI is InChI=1S/C26H41NO6/c1-6-27-12-24(13-30-3)8-7-20(32-5)26-16-9-15-18(31-4)11-25(29,17(23(26)27)10-19(24)26)21(16)22(15)33-14(2)28/h15-23,29H,6-13H2,1-5H3/t15-,16-,17+,18+,19-,20+,21-,22+,23?,24+,25+,26-/m1/s1. The fourth-order valence-electron chi connectivity index (χ4n) is 11.0. The highest BCUT2D eigenvalue weighted by Gasteiger charge is 2.84. The Hall–Kier alpha value is -0.730. The molecule has 5 saturated carbocycles. The van der Waals surface area contributed by atoms with Crippen LogP contribution in [0, 0.1) is 40.4 Å². The smallest absolute Gasteiger partial charge is 0.302 e. The van der Waals surface area contributed by atoms with Crippen molar-refractivity contribution in [1.82, 2.24) is 4.90 Å². The Morgan fingerprint density at radius 3 is 2.58 bits per heavy atom. The fourth-order valence-corrected chi connectivity index (χ4v) is 11.0. The van der Waals surface area contributed by atoms with E-state index < -0.39 is 5.60 Å². The summed E-state index contributed by atoms with van der Waals surface area (Å²) >= 11 is 0. The third-order valence-corrected chi connectivity index (χ3v) is 11.4. The number of esters is 1. The number of aliphatic hydroxyl groups is 1. The van der Waals surface area contributed by atoms with Crippen LogP contribution in [0.1, 0.15) is 46.0 Å². The van der Waals surface area contributed by atoms with E-state index in [1.165, 1.54) is 6.92 Å². The topological polar surface area (TPSA) is 77.5 Å². The van der Waals surface area contributed by atoms with Crippen LogP contribution in [-0.2, 0) is 23.7 Å². The molecule has 1 unspecified atom stereocenters. The van der Waals surface area contributed by atoms with Crippen LogP contribution in [0.5, 0.6) is 0 Å². The highest BCUT2D eigenvalue weighted by Crippen LogP contribution is 2.79. The van der Waals surface area contributed by atoms with Crippen molar-refractivity contribution in [2.75, 3.05) is 41.0 Å². The Labute approximate surface area is 197 Å². The molecule has 7 nitrogen and oxygen atoms in total. The average molecular weight is 464 g/mol. The highest BCUT2D eigenvalue weighted by atomic mass is 16.5. The van der Waals surface area contributed by atoms with Crippen LogP contribution in [0.25, 0.3) is 0 Å². The van der Waals surface area contributed by atoms with Gasteiger partial charge in [-0.05, 0) is 44.1 Å². The molecule has 0 amide bonds. The van der Waals surface area contributed by atoms with Gasteiger partial charge in [0.1, 0.15) is 6.10 Å². The van der Waals surface area contributed by atoms with Gasteiger partial charge in [-0.15, -0.1) is 0 Å². The van der Waals surface area contributed by atoms with Gasteiger partial charge in [-0.2, -0.15) is 0 Å². The van der Waals surface area contributed by atoms with Crippen LogP contribution < -0.4 is 0 Å². The van der Waals surface area contributed by atoms with E-state index in [1.807, 2.05) is 14.2 Å². The average Bonchev–Trinajstić information content (AvgIpc) is 3.22. The van der Waals surface area contributed by atoms with Crippen molar-refractivity contribution in [2.45, 2.75) is 75.9 Å². The molecular weight excluding hydrogens is 422 g/mol. The van der Waals surface area contributed by atoms with Crippen molar-refractivity contribution < 1.29 is 28.8 Å². The second kappa shape index (κ2) is 7.39. The molecule has 186 valence electrons. The van der Waals surface area contributed by atoms with Crippen LogP contribution in [-0.4, -0.2) is 87.0 Å². The summed E-state index contributed by atoms with van der Waals surface area (Å²) in [5, 5.41) is 12.6. The molecule has 7 heteroatoms. The summed E-state index contributed by atoms with van der Waals surface area (Å²) in [6.07, 6.45) is 4.52. The summed E-state index contributed by atoms with van der Waals surface area (Å²) in [4.78, 5) is 14.9. The second-order valence-electron chi connectivity index (χ2n) is 12.0. The summed E-state index contributed by atoms with van der Waals surface area (Å²) in [6, 6.07) is 0.293. The normalized spacial score (nSPS) is 56.1. The molecule has 0 aromatic carbocycles. The Bertz CT molecular complexity index is 823. The van der Waals surface area contributed by atoms with Crippen LogP contribution in [0.4, 0.5) is 0 Å². The van der Waals surface area contributed by atoms with E-state index in [0.29, 0.717) is 18.4 Å². The molecule has 6 aliphatic rings. The zero-order valence-corrected chi connectivity index (χ0v) is 20.8. The maximum atomic E-state index is 12.6. The SMILES string of the molecule is CCN1C[C@]2(COC)CC[C@H](OC)[C@]34C1[C@H](C[C@H]23)[C@@]1(O)C[C@H](OC)[C@H]2C[C@@H]4[C@@H]1[C@H]2OC(C)=O. The summed E-state index contributed by atoms with van der Waals surface area (Å²) in [5.74, 6) is 0.677. The lowest BCUT2D eigenvalue weighted by molar-refractivity contribution is -0.277. The van der Waals surface area contributed by atoms with Crippen LogP contribution in [0.2, 0.25) is 0 Å². The first-order chi connectivity index (χ1) is 15.8. The summed E-state index contributed by atoms with van der Waals surface area (Å²) in [7, 11) is 5.46. The van der Waals surface area contributed by atoms with E-state index in [-0.39, 0.29) is 58.8 Å².